The number of hydrogen-bond donors (Lipinski definition) is 1. The third-order valence-corrected chi connectivity index (χ3v) is 4.60. The number of aryl methyl sites for hydroxylation is 1. The van der Waals surface area contributed by atoms with Gasteiger partial charge in [-0.25, -0.2) is 9.36 Å². The van der Waals surface area contributed by atoms with Crippen molar-refractivity contribution in [3.63, 3.8) is 0 Å². The number of amides is 1. The topological polar surface area (TPSA) is 64.7 Å². The van der Waals surface area contributed by atoms with E-state index in [4.69, 9.17) is 0 Å². The lowest BCUT2D eigenvalue weighted by molar-refractivity contribution is 0.102. The summed E-state index contributed by atoms with van der Waals surface area (Å²) in [5, 5.41) is 11.7. The van der Waals surface area contributed by atoms with Crippen LogP contribution in [0.15, 0.2) is 73.2 Å². The number of anilines is 1. The molecule has 0 atom stereocenters. The van der Waals surface area contributed by atoms with Crippen molar-refractivity contribution < 1.29 is 4.79 Å². The van der Waals surface area contributed by atoms with E-state index in [2.05, 4.69) is 15.5 Å². The number of nitrogens with one attached hydrogen (secondary N) is 1. The van der Waals surface area contributed by atoms with Crippen LogP contribution in [0.2, 0.25) is 0 Å². The monoisotopic (exact) mass is 371 g/mol. The molecule has 0 spiro atoms. The average Bonchev–Trinajstić information content (AvgIpc) is 3.38. The van der Waals surface area contributed by atoms with E-state index in [9.17, 15) is 4.79 Å². The first-order chi connectivity index (χ1) is 13.7. The normalized spacial score (nSPS) is 10.8. The van der Waals surface area contributed by atoms with Gasteiger partial charge in [-0.2, -0.15) is 10.2 Å². The molecule has 28 heavy (non-hydrogen) atoms. The summed E-state index contributed by atoms with van der Waals surface area (Å²) in [6.07, 6.45) is 5.91. The molecule has 2 heterocycles. The summed E-state index contributed by atoms with van der Waals surface area (Å²) in [7, 11) is 0. The molecule has 0 aliphatic carbocycles. The average molecular weight is 371 g/mol. The molecule has 0 unspecified atom stereocenters. The van der Waals surface area contributed by atoms with Gasteiger partial charge in [-0.05, 0) is 49.7 Å². The molecule has 140 valence electrons. The molecule has 0 aliphatic rings. The maximum Gasteiger partial charge on any atom is 0.259 e. The third kappa shape index (κ3) is 3.44. The Hall–Kier alpha value is -3.67. The van der Waals surface area contributed by atoms with E-state index in [0.717, 1.165) is 17.1 Å². The Kier molecular flexibility index (Phi) is 4.76. The summed E-state index contributed by atoms with van der Waals surface area (Å²) in [4.78, 5) is 12.9. The van der Waals surface area contributed by atoms with Crippen molar-refractivity contribution in [3.05, 3.63) is 90.0 Å². The lowest BCUT2D eigenvalue weighted by Gasteiger charge is -2.10. The lowest BCUT2D eigenvalue weighted by Crippen LogP contribution is -2.14. The Morgan fingerprint density at radius 3 is 2.57 bits per heavy atom. The van der Waals surface area contributed by atoms with Crippen LogP contribution in [0, 0.1) is 6.92 Å². The van der Waals surface area contributed by atoms with Crippen LogP contribution < -0.4 is 5.32 Å². The summed E-state index contributed by atoms with van der Waals surface area (Å²) < 4.78 is 3.58. The van der Waals surface area contributed by atoms with E-state index >= 15 is 0 Å². The molecule has 0 fully saturated rings. The van der Waals surface area contributed by atoms with E-state index in [1.165, 1.54) is 5.56 Å². The second-order valence-corrected chi connectivity index (χ2v) is 6.56. The first kappa shape index (κ1) is 17.7. The summed E-state index contributed by atoms with van der Waals surface area (Å²) in [6, 6.07) is 17.5. The van der Waals surface area contributed by atoms with Crippen molar-refractivity contribution in [2.24, 2.45) is 0 Å². The minimum absolute atomic E-state index is 0.173. The highest BCUT2D eigenvalue weighted by Gasteiger charge is 2.17. The second-order valence-electron chi connectivity index (χ2n) is 6.56. The summed E-state index contributed by atoms with van der Waals surface area (Å²) in [5.74, 6) is -0.173. The molecule has 1 amide bonds. The van der Waals surface area contributed by atoms with Crippen molar-refractivity contribution in [3.8, 4) is 11.4 Å². The molecule has 2 aromatic carbocycles. The molecular formula is C22H21N5O. The Bertz CT molecular complexity index is 1090. The molecule has 0 radical (unpaired) electrons. The van der Waals surface area contributed by atoms with Crippen LogP contribution >= 0.6 is 0 Å². The van der Waals surface area contributed by atoms with Gasteiger partial charge in [-0.15, -0.1) is 0 Å². The van der Waals surface area contributed by atoms with Gasteiger partial charge in [-0.1, -0.05) is 30.7 Å². The molecule has 0 aliphatic heterocycles. The van der Waals surface area contributed by atoms with Crippen LogP contribution in [0.25, 0.3) is 11.4 Å². The number of hydrogen-bond acceptors (Lipinski definition) is 3. The van der Waals surface area contributed by atoms with Crippen LogP contribution in [-0.4, -0.2) is 25.5 Å². The molecule has 0 saturated carbocycles. The molecule has 0 saturated heterocycles. The van der Waals surface area contributed by atoms with Gasteiger partial charge in [-0.3, -0.25) is 4.79 Å². The van der Waals surface area contributed by atoms with Crippen molar-refractivity contribution >= 4 is 11.6 Å². The molecular weight excluding hydrogens is 350 g/mol. The molecule has 1 N–H and O–H groups in total. The summed E-state index contributed by atoms with van der Waals surface area (Å²) in [5.41, 5.74) is 5.18. The fourth-order valence-electron chi connectivity index (χ4n) is 3.16. The van der Waals surface area contributed by atoms with Crippen LogP contribution in [0.1, 0.15) is 28.5 Å². The Morgan fingerprint density at radius 2 is 1.86 bits per heavy atom. The smallest absolute Gasteiger partial charge is 0.259 e. The van der Waals surface area contributed by atoms with Gasteiger partial charge in [0.05, 0.1) is 28.8 Å². The van der Waals surface area contributed by atoms with Gasteiger partial charge < -0.3 is 5.32 Å². The lowest BCUT2D eigenvalue weighted by atomic mass is 10.1. The zero-order valence-corrected chi connectivity index (χ0v) is 15.8. The van der Waals surface area contributed by atoms with Gasteiger partial charge in [0.15, 0.2) is 0 Å². The molecule has 6 heteroatoms. The number of aromatic nitrogens is 4. The minimum Gasteiger partial charge on any atom is -0.322 e. The fraction of sp³-hybridized carbons (Fsp3) is 0.136. The third-order valence-electron chi connectivity index (χ3n) is 4.60. The van der Waals surface area contributed by atoms with E-state index in [-0.39, 0.29) is 5.91 Å². The number of rotatable bonds is 5. The minimum atomic E-state index is -0.173. The quantitative estimate of drug-likeness (QED) is 0.572. The van der Waals surface area contributed by atoms with Gasteiger partial charge in [0, 0.05) is 18.1 Å². The number of nitrogens with zero attached hydrogens (tertiary/aromatic N) is 4. The molecule has 6 nitrogen and oxygen atoms in total. The predicted octanol–water partition coefficient (Wildman–Crippen LogP) is 4.18. The van der Waals surface area contributed by atoms with E-state index in [1.54, 1.807) is 17.1 Å². The van der Waals surface area contributed by atoms with Gasteiger partial charge in [0.2, 0.25) is 0 Å². The number of benzene rings is 2. The SMILES string of the molecule is CCc1c(C(=O)Nc2cccc(-n3cccn3)c2)cnn1-c1ccc(C)cc1. The number of carbonyl (C=O) groups is 1. The first-order valence-electron chi connectivity index (χ1n) is 9.21. The highest BCUT2D eigenvalue weighted by Crippen LogP contribution is 2.19. The molecule has 0 bridgehead atoms. The molecule has 2 aromatic heterocycles. The Balaban J connectivity index is 1.61. The van der Waals surface area contributed by atoms with Crippen LogP contribution in [0.5, 0.6) is 0 Å². The largest absolute Gasteiger partial charge is 0.322 e. The van der Waals surface area contributed by atoms with E-state index in [0.29, 0.717) is 17.7 Å². The maximum absolute atomic E-state index is 12.9. The predicted molar refractivity (Wildman–Crippen MR) is 109 cm³/mol. The van der Waals surface area contributed by atoms with E-state index in [1.807, 2.05) is 79.3 Å². The van der Waals surface area contributed by atoms with Gasteiger partial charge >= 0.3 is 0 Å². The first-order valence-corrected chi connectivity index (χ1v) is 9.21. The van der Waals surface area contributed by atoms with Gasteiger partial charge in [0.25, 0.3) is 5.91 Å². The van der Waals surface area contributed by atoms with Crippen LogP contribution in [0.4, 0.5) is 5.69 Å². The van der Waals surface area contributed by atoms with Crippen molar-refractivity contribution in [1.82, 2.24) is 19.6 Å². The van der Waals surface area contributed by atoms with E-state index < -0.39 is 0 Å². The zero-order valence-electron chi connectivity index (χ0n) is 15.8. The standard InChI is InChI=1S/C22H21N5O/c1-3-21-20(15-24-27(21)18-10-8-16(2)9-11-18)22(28)25-17-6-4-7-19(14-17)26-13-5-12-23-26/h4-15H,3H2,1-2H3,(H,25,28). The summed E-state index contributed by atoms with van der Waals surface area (Å²) in [6.45, 7) is 4.07. The fourth-order valence-corrected chi connectivity index (χ4v) is 3.16. The second kappa shape index (κ2) is 7.52. The maximum atomic E-state index is 12.9. The Morgan fingerprint density at radius 1 is 1.04 bits per heavy atom. The summed E-state index contributed by atoms with van der Waals surface area (Å²) >= 11 is 0. The zero-order chi connectivity index (χ0) is 19.5. The highest BCUT2D eigenvalue weighted by molar-refractivity contribution is 6.05. The van der Waals surface area contributed by atoms with Crippen molar-refractivity contribution in [1.29, 1.82) is 0 Å². The highest BCUT2D eigenvalue weighted by atomic mass is 16.1. The molecule has 4 aromatic rings. The van der Waals surface area contributed by atoms with Crippen molar-refractivity contribution in [2.45, 2.75) is 20.3 Å². The Labute approximate surface area is 163 Å². The number of carbonyl (C=O) groups excluding carboxylic acids is 1. The molecule has 4 rings (SSSR count). The van der Waals surface area contributed by atoms with Crippen LogP contribution in [-0.2, 0) is 6.42 Å². The van der Waals surface area contributed by atoms with Crippen molar-refractivity contribution in [2.75, 3.05) is 5.32 Å². The van der Waals surface area contributed by atoms with Crippen LogP contribution in [0.3, 0.4) is 0 Å². The van der Waals surface area contributed by atoms with Gasteiger partial charge in [0.1, 0.15) is 0 Å².